The van der Waals surface area contributed by atoms with E-state index in [0.717, 1.165) is 19.0 Å². The molecular weight excluding hydrogens is 184 g/mol. The Labute approximate surface area is 96.4 Å². The lowest BCUT2D eigenvalue weighted by molar-refractivity contribution is 0.216. The number of nitrogens with one attached hydrogen (secondary N) is 1. The lowest BCUT2D eigenvalue weighted by Gasteiger charge is -2.31. The molecule has 0 heterocycles. The Balaban J connectivity index is 4.00. The van der Waals surface area contributed by atoms with Crippen LogP contribution in [0, 0.1) is 11.3 Å². The molecule has 0 rings (SSSR count). The van der Waals surface area contributed by atoms with Crippen molar-refractivity contribution in [1.82, 2.24) is 10.2 Å². The molecule has 0 aliphatic heterocycles. The van der Waals surface area contributed by atoms with Gasteiger partial charge in [0.2, 0.25) is 0 Å². The summed E-state index contributed by atoms with van der Waals surface area (Å²) in [5.74, 6) is 0.727. The molecule has 15 heavy (non-hydrogen) atoms. The second-order valence-electron chi connectivity index (χ2n) is 6.04. The summed E-state index contributed by atoms with van der Waals surface area (Å²) >= 11 is 0. The molecule has 2 nitrogen and oxygen atoms in total. The van der Waals surface area contributed by atoms with Crippen molar-refractivity contribution in [3.05, 3.63) is 0 Å². The minimum atomic E-state index is 0.353. The van der Waals surface area contributed by atoms with E-state index in [1.807, 2.05) is 0 Å². The van der Waals surface area contributed by atoms with Crippen molar-refractivity contribution in [2.24, 2.45) is 11.3 Å². The molecule has 0 aromatic carbocycles. The first-order valence-electron chi connectivity index (χ1n) is 6.16. The van der Waals surface area contributed by atoms with Gasteiger partial charge < -0.3 is 10.2 Å². The summed E-state index contributed by atoms with van der Waals surface area (Å²) in [6.07, 6.45) is 1.22. The monoisotopic (exact) mass is 214 g/mol. The molecule has 1 N–H and O–H groups in total. The fourth-order valence-corrected chi connectivity index (χ4v) is 2.17. The van der Waals surface area contributed by atoms with Gasteiger partial charge in [0.1, 0.15) is 0 Å². The van der Waals surface area contributed by atoms with E-state index in [9.17, 15) is 0 Å². The van der Waals surface area contributed by atoms with Crippen LogP contribution in [0.2, 0.25) is 0 Å². The molecule has 1 atom stereocenters. The molecule has 0 aromatic heterocycles. The average Bonchev–Trinajstić information content (AvgIpc) is 2.01. The molecular formula is C13H30N2. The zero-order valence-corrected chi connectivity index (χ0v) is 11.7. The van der Waals surface area contributed by atoms with Gasteiger partial charge in [-0.05, 0) is 31.8 Å². The van der Waals surface area contributed by atoms with Crippen LogP contribution in [0.4, 0.5) is 0 Å². The number of hydrogen-bond acceptors (Lipinski definition) is 2. The molecule has 0 aliphatic carbocycles. The number of nitrogens with zero attached hydrogens (tertiary/aromatic N) is 1. The van der Waals surface area contributed by atoms with Crippen molar-refractivity contribution >= 4 is 0 Å². The molecule has 0 bridgehead atoms. The van der Waals surface area contributed by atoms with Gasteiger partial charge in [0.05, 0.1) is 0 Å². The van der Waals surface area contributed by atoms with E-state index in [0.29, 0.717) is 11.5 Å². The van der Waals surface area contributed by atoms with Crippen LogP contribution in [0.25, 0.3) is 0 Å². The first-order chi connectivity index (χ1) is 6.78. The minimum Gasteiger partial charge on any atom is -0.313 e. The second kappa shape index (κ2) is 6.49. The molecule has 0 aliphatic rings. The Hall–Kier alpha value is -0.0800. The van der Waals surface area contributed by atoms with Crippen LogP contribution < -0.4 is 5.32 Å². The smallest absolute Gasteiger partial charge is 0.00876 e. The fraction of sp³-hybridized carbons (Fsp3) is 1.00. The van der Waals surface area contributed by atoms with Gasteiger partial charge in [0.15, 0.2) is 0 Å². The molecule has 0 unspecified atom stereocenters. The zero-order valence-electron chi connectivity index (χ0n) is 11.7. The Bertz CT molecular complexity index is 162. The summed E-state index contributed by atoms with van der Waals surface area (Å²) in [5.41, 5.74) is 0.353. The van der Waals surface area contributed by atoms with E-state index in [1.54, 1.807) is 0 Å². The maximum Gasteiger partial charge on any atom is 0.00876 e. The van der Waals surface area contributed by atoms with Gasteiger partial charge in [-0.25, -0.2) is 0 Å². The molecule has 92 valence electrons. The van der Waals surface area contributed by atoms with E-state index in [-0.39, 0.29) is 0 Å². The van der Waals surface area contributed by atoms with Crippen LogP contribution in [0.5, 0.6) is 0 Å². The Morgan fingerprint density at radius 3 is 2.07 bits per heavy atom. The number of rotatable bonds is 7. The molecule has 0 radical (unpaired) electrons. The van der Waals surface area contributed by atoms with Crippen LogP contribution in [0.15, 0.2) is 0 Å². The predicted octanol–water partition coefficient (Wildman–Crippen LogP) is 2.60. The topological polar surface area (TPSA) is 15.3 Å². The quantitative estimate of drug-likeness (QED) is 0.701. The average molecular weight is 214 g/mol. The van der Waals surface area contributed by atoms with Crippen LogP contribution in [0.1, 0.15) is 41.0 Å². The third-order valence-corrected chi connectivity index (χ3v) is 2.83. The fourth-order valence-electron chi connectivity index (χ4n) is 2.17. The van der Waals surface area contributed by atoms with Crippen LogP contribution in [-0.4, -0.2) is 38.1 Å². The van der Waals surface area contributed by atoms with E-state index < -0.39 is 0 Å². The zero-order chi connectivity index (χ0) is 12.1. The van der Waals surface area contributed by atoms with Crippen molar-refractivity contribution in [3.8, 4) is 0 Å². The highest BCUT2D eigenvalue weighted by Crippen LogP contribution is 2.16. The van der Waals surface area contributed by atoms with Crippen LogP contribution >= 0.6 is 0 Å². The largest absolute Gasteiger partial charge is 0.313 e. The van der Waals surface area contributed by atoms with Crippen molar-refractivity contribution in [3.63, 3.8) is 0 Å². The molecule has 0 saturated carbocycles. The van der Waals surface area contributed by atoms with Gasteiger partial charge in [-0.2, -0.15) is 0 Å². The molecule has 0 saturated heterocycles. The van der Waals surface area contributed by atoms with Gasteiger partial charge in [0, 0.05) is 19.1 Å². The molecule has 0 spiro atoms. The summed E-state index contributed by atoms with van der Waals surface area (Å²) < 4.78 is 0. The van der Waals surface area contributed by atoms with Crippen molar-refractivity contribution in [2.75, 3.05) is 27.2 Å². The second-order valence-corrected chi connectivity index (χ2v) is 6.04. The standard InChI is InChI=1S/C13H30N2/c1-8-12(11(2)3)14-9-13(4,5)10-15(6)7/h11-12,14H,8-10H2,1-7H3/t12-/m1/s1. The first-order valence-corrected chi connectivity index (χ1v) is 6.16. The third kappa shape index (κ3) is 6.91. The summed E-state index contributed by atoms with van der Waals surface area (Å²) in [5, 5.41) is 3.69. The maximum atomic E-state index is 3.69. The molecule has 0 amide bonds. The highest BCUT2D eigenvalue weighted by molar-refractivity contribution is 4.78. The lowest BCUT2D eigenvalue weighted by atomic mass is 9.91. The van der Waals surface area contributed by atoms with Gasteiger partial charge >= 0.3 is 0 Å². The highest BCUT2D eigenvalue weighted by atomic mass is 15.1. The Kier molecular flexibility index (Phi) is 6.46. The van der Waals surface area contributed by atoms with Gasteiger partial charge in [0.25, 0.3) is 0 Å². The Morgan fingerprint density at radius 2 is 1.73 bits per heavy atom. The predicted molar refractivity (Wildman–Crippen MR) is 69.3 cm³/mol. The molecule has 2 heteroatoms. The van der Waals surface area contributed by atoms with Crippen molar-refractivity contribution in [1.29, 1.82) is 0 Å². The van der Waals surface area contributed by atoms with E-state index in [4.69, 9.17) is 0 Å². The minimum absolute atomic E-state index is 0.353. The van der Waals surface area contributed by atoms with E-state index >= 15 is 0 Å². The summed E-state index contributed by atoms with van der Waals surface area (Å²) in [6.45, 7) is 13.7. The third-order valence-electron chi connectivity index (χ3n) is 2.83. The van der Waals surface area contributed by atoms with Gasteiger partial charge in [-0.3, -0.25) is 0 Å². The van der Waals surface area contributed by atoms with Crippen molar-refractivity contribution < 1.29 is 0 Å². The first kappa shape index (κ1) is 14.9. The van der Waals surface area contributed by atoms with E-state index in [2.05, 4.69) is 58.9 Å². The maximum absolute atomic E-state index is 3.69. The van der Waals surface area contributed by atoms with Crippen molar-refractivity contribution in [2.45, 2.75) is 47.1 Å². The van der Waals surface area contributed by atoms with Gasteiger partial charge in [-0.15, -0.1) is 0 Å². The van der Waals surface area contributed by atoms with Crippen LogP contribution in [0.3, 0.4) is 0 Å². The summed E-state index contributed by atoms with van der Waals surface area (Å²) in [6, 6.07) is 0.659. The van der Waals surface area contributed by atoms with E-state index in [1.165, 1.54) is 6.42 Å². The number of hydrogen-bond donors (Lipinski definition) is 1. The summed E-state index contributed by atoms with van der Waals surface area (Å²) in [7, 11) is 4.28. The highest BCUT2D eigenvalue weighted by Gasteiger charge is 2.20. The van der Waals surface area contributed by atoms with Crippen LogP contribution in [-0.2, 0) is 0 Å². The normalized spacial score (nSPS) is 15.0. The Morgan fingerprint density at radius 1 is 1.20 bits per heavy atom. The summed E-state index contributed by atoms with van der Waals surface area (Å²) in [4.78, 5) is 2.26. The molecule has 0 fully saturated rings. The SMILES string of the molecule is CC[C@@H](NCC(C)(C)CN(C)C)C(C)C. The molecule has 0 aromatic rings. The lowest BCUT2D eigenvalue weighted by Crippen LogP contribution is -2.43. The van der Waals surface area contributed by atoms with Gasteiger partial charge in [-0.1, -0.05) is 34.6 Å².